The summed E-state index contributed by atoms with van der Waals surface area (Å²) in [5.74, 6) is 0.152. The minimum absolute atomic E-state index is 0.222. The van der Waals surface area contributed by atoms with Crippen molar-refractivity contribution in [3.8, 4) is 11.3 Å². The number of amides is 1. The number of anilines is 2. The van der Waals surface area contributed by atoms with Crippen LogP contribution in [0.1, 0.15) is 18.4 Å². The molecule has 1 N–H and O–H groups in total. The Kier molecular flexibility index (Phi) is 6.32. The van der Waals surface area contributed by atoms with Crippen LogP contribution in [-0.4, -0.2) is 29.2 Å². The van der Waals surface area contributed by atoms with E-state index in [9.17, 15) is 18.0 Å². The number of nitrogens with one attached hydrogen (secondary N) is 1. The van der Waals surface area contributed by atoms with Gasteiger partial charge in [-0.3, -0.25) is 4.79 Å². The predicted octanol–water partition coefficient (Wildman–Crippen LogP) is 5.67. The van der Waals surface area contributed by atoms with Gasteiger partial charge in [0.2, 0.25) is 5.91 Å². The van der Waals surface area contributed by atoms with Crippen molar-refractivity contribution >= 4 is 29.0 Å². The van der Waals surface area contributed by atoms with Crippen molar-refractivity contribution in [1.29, 1.82) is 0 Å². The first kappa shape index (κ1) is 22.1. The SMILES string of the molecule is O=C(Nc1ccc(C(F)(F)F)cc1)C1CCCN(c2ccc(-c3ccc(Cl)cc3)nn2)C1. The zero-order chi connectivity index (χ0) is 22.7. The zero-order valence-electron chi connectivity index (χ0n) is 16.9. The number of nitrogens with zero attached hydrogens (tertiary/aromatic N) is 3. The Bertz CT molecular complexity index is 1070. The van der Waals surface area contributed by atoms with Gasteiger partial charge in [0.1, 0.15) is 0 Å². The second-order valence-electron chi connectivity index (χ2n) is 7.63. The van der Waals surface area contributed by atoms with Crippen LogP contribution in [0.3, 0.4) is 0 Å². The number of piperidine rings is 1. The van der Waals surface area contributed by atoms with E-state index < -0.39 is 11.7 Å². The Morgan fingerprint density at radius 1 is 1.00 bits per heavy atom. The molecule has 2 heterocycles. The number of rotatable bonds is 4. The third kappa shape index (κ3) is 5.19. The first-order valence-corrected chi connectivity index (χ1v) is 10.5. The molecule has 1 atom stereocenters. The van der Waals surface area contributed by atoms with Crippen molar-refractivity contribution < 1.29 is 18.0 Å². The maximum atomic E-state index is 12.7. The van der Waals surface area contributed by atoms with Gasteiger partial charge in [-0.1, -0.05) is 23.7 Å². The van der Waals surface area contributed by atoms with E-state index in [1.807, 2.05) is 29.2 Å². The van der Waals surface area contributed by atoms with Gasteiger partial charge in [-0.15, -0.1) is 10.2 Å². The molecule has 1 unspecified atom stereocenters. The summed E-state index contributed by atoms with van der Waals surface area (Å²) >= 11 is 5.92. The zero-order valence-corrected chi connectivity index (χ0v) is 17.7. The molecule has 1 saturated heterocycles. The number of alkyl halides is 3. The van der Waals surface area contributed by atoms with Crippen molar-refractivity contribution in [1.82, 2.24) is 10.2 Å². The van der Waals surface area contributed by atoms with Gasteiger partial charge in [-0.2, -0.15) is 13.2 Å². The topological polar surface area (TPSA) is 58.1 Å². The van der Waals surface area contributed by atoms with Gasteiger partial charge in [0, 0.05) is 29.4 Å². The molecule has 32 heavy (non-hydrogen) atoms. The Morgan fingerprint density at radius 3 is 2.34 bits per heavy atom. The fraction of sp³-hybridized carbons (Fsp3) is 0.261. The molecule has 1 aliphatic rings. The molecule has 2 aromatic carbocycles. The molecule has 3 aromatic rings. The average Bonchev–Trinajstić information content (AvgIpc) is 2.79. The second-order valence-corrected chi connectivity index (χ2v) is 8.07. The summed E-state index contributed by atoms with van der Waals surface area (Å²) in [5, 5.41) is 12.0. The van der Waals surface area contributed by atoms with E-state index in [2.05, 4.69) is 15.5 Å². The molecule has 0 saturated carbocycles. The molecule has 1 fully saturated rings. The van der Waals surface area contributed by atoms with E-state index in [1.54, 1.807) is 12.1 Å². The molecule has 9 heteroatoms. The van der Waals surface area contributed by atoms with Gasteiger partial charge in [0.05, 0.1) is 17.2 Å². The summed E-state index contributed by atoms with van der Waals surface area (Å²) in [7, 11) is 0. The predicted molar refractivity (Wildman–Crippen MR) is 117 cm³/mol. The molecule has 0 spiro atoms. The quantitative estimate of drug-likeness (QED) is 0.545. The minimum atomic E-state index is -4.41. The molecule has 0 radical (unpaired) electrons. The smallest absolute Gasteiger partial charge is 0.354 e. The van der Waals surface area contributed by atoms with E-state index in [0.717, 1.165) is 36.4 Å². The molecule has 0 bridgehead atoms. The van der Waals surface area contributed by atoms with Crippen LogP contribution in [-0.2, 0) is 11.0 Å². The van der Waals surface area contributed by atoms with Crippen LogP contribution in [0.15, 0.2) is 60.7 Å². The van der Waals surface area contributed by atoms with Gasteiger partial charge in [-0.25, -0.2) is 0 Å². The highest BCUT2D eigenvalue weighted by Gasteiger charge is 2.30. The lowest BCUT2D eigenvalue weighted by Crippen LogP contribution is -2.41. The lowest BCUT2D eigenvalue weighted by atomic mass is 9.97. The number of carbonyl (C=O) groups is 1. The lowest BCUT2D eigenvalue weighted by Gasteiger charge is -2.32. The second kappa shape index (κ2) is 9.16. The van der Waals surface area contributed by atoms with Gasteiger partial charge in [-0.05, 0) is 61.4 Å². The normalized spacial score (nSPS) is 16.6. The number of halogens is 4. The van der Waals surface area contributed by atoms with Crippen LogP contribution in [0.4, 0.5) is 24.7 Å². The maximum Gasteiger partial charge on any atom is 0.416 e. The standard InChI is InChI=1S/C23H20ClF3N4O/c24-18-7-3-15(4-8-18)20-11-12-21(30-29-20)31-13-1-2-16(14-31)22(32)28-19-9-5-17(6-10-19)23(25,26)27/h3-12,16H,1-2,13-14H2,(H,28,32). The fourth-order valence-electron chi connectivity index (χ4n) is 3.65. The van der Waals surface area contributed by atoms with Crippen molar-refractivity contribution in [2.24, 2.45) is 5.92 Å². The summed E-state index contributed by atoms with van der Waals surface area (Å²) in [4.78, 5) is 14.7. The van der Waals surface area contributed by atoms with Crippen LogP contribution < -0.4 is 10.2 Å². The van der Waals surface area contributed by atoms with Crippen LogP contribution >= 0.6 is 11.6 Å². The first-order chi connectivity index (χ1) is 15.3. The maximum absolute atomic E-state index is 12.7. The minimum Gasteiger partial charge on any atom is -0.354 e. The summed E-state index contributed by atoms with van der Waals surface area (Å²) in [6, 6.07) is 15.5. The molecule has 0 aliphatic carbocycles. The van der Waals surface area contributed by atoms with Gasteiger partial charge in [0.25, 0.3) is 0 Å². The van der Waals surface area contributed by atoms with Gasteiger partial charge in [0.15, 0.2) is 5.82 Å². The highest BCUT2D eigenvalue weighted by molar-refractivity contribution is 6.30. The van der Waals surface area contributed by atoms with Crippen LogP contribution in [0.5, 0.6) is 0 Å². The van der Waals surface area contributed by atoms with Crippen LogP contribution in [0.2, 0.25) is 5.02 Å². The first-order valence-electron chi connectivity index (χ1n) is 10.1. The summed E-state index contributed by atoms with van der Waals surface area (Å²) in [6.45, 7) is 1.21. The van der Waals surface area contributed by atoms with E-state index in [4.69, 9.17) is 11.6 Å². The fourth-order valence-corrected chi connectivity index (χ4v) is 3.78. The van der Waals surface area contributed by atoms with Crippen LogP contribution in [0, 0.1) is 5.92 Å². The molecule has 4 rings (SSSR count). The van der Waals surface area contributed by atoms with Gasteiger partial charge < -0.3 is 10.2 Å². The molecule has 1 aliphatic heterocycles. The summed E-state index contributed by atoms with van der Waals surface area (Å²) < 4.78 is 38.1. The van der Waals surface area contributed by atoms with E-state index in [1.165, 1.54) is 12.1 Å². The molecule has 166 valence electrons. The van der Waals surface area contributed by atoms with Gasteiger partial charge >= 0.3 is 6.18 Å². The third-order valence-electron chi connectivity index (χ3n) is 5.39. The van der Waals surface area contributed by atoms with Crippen molar-refractivity contribution in [3.63, 3.8) is 0 Å². The molecule has 5 nitrogen and oxygen atoms in total. The van der Waals surface area contributed by atoms with Crippen molar-refractivity contribution in [3.05, 3.63) is 71.2 Å². The number of benzene rings is 2. The lowest BCUT2D eigenvalue weighted by molar-refractivity contribution is -0.137. The number of hydrogen-bond acceptors (Lipinski definition) is 4. The Hall–Kier alpha value is -3.13. The number of aromatic nitrogens is 2. The highest BCUT2D eigenvalue weighted by Crippen LogP contribution is 2.30. The third-order valence-corrected chi connectivity index (χ3v) is 5.64. The van der Waals surface area contributed by atoms with Crippen molar-refractivity contribution in [2.75, 3.05) is 23.3 Å². The number of hydrogen-bond donors (Lipinski definition) is 1. The monoisotopic (exact) mass is 460 g/mol. The largest absolute Gasteiger partial charge is 0.416 e. The molecule has 1 aromatic heterocycles. The number of carbonyl (C=O) groups excluding carboxylic acids is 1. The van der Waals surface area contributed by atoms with Crippen molar-refractivity contribution in [2.45, 2.75) is 19.0 Å². The van der Waals surface area contributed by atoms with E-state index in [0.29, 0.717) is 29.5 Å². The highest BCUT2D eigenvalue weighted by atomic mass is 35.5. The van der Waals surface area contributed by atoms with E-state index in [-0.39, 0.29) is 11.8 Å². The molecule has 1 amide bonds. The van der Waals surface area contributed by atoms with E-state index >= 15 is 0 Å². The average molecular weight is 461 g/mol. The van der Waals surface area contributed by atoms with Crippen LogP contribution in [0.25, 0.3) is 11.3 Å². The summed E-state index contributed by atoms with van der Waals surface area (Å²) in [6.07, 6.45) is -2.92. The molecular formula is C23H20ClF3N4O. The Morgan fingerprint density at radius 2 is 1.72 bits per heavy atom. The summed E-state index contributed by atoms with van der Waals surface area (Å²) in [5.41, 5.74) is 1.21. The Labute approximate surface area is 188 Å². The Balaban J connectivity index is 1.39. The molecular weight excluding hydrogens is 441 g/mol.